The monoisotopic (exact) mass is 349 g/mol. The van der Waals surface area contributed by atoms with Gasteiger partial charge >= 0.3 is 0 Å². The lowest BCUT2D eigenvalue weighted by Crippen LogP contribution is -2.36. The summed E-state index contributed by atoms with van der Waals surface area (Å²) in [5.41, 5.74) is 2.14. The molecule has 0 unspecified atom stereocenters. The number of anilines is 1. The molecule has 1 aliphatic carbocycles. The third kappa shape index (κ3) is 3.73. The van der Waals surface area contributed by atoms with Gasteiger partial charge in [0.15, 0.2) is 0 Å². The summed E-state index contributed by atoms with van der Waals surface area (Å²) < 4.78 is 0. The largest absolute Gasteiger partial charge is 0.367 e. The van der Waals surface area contributed by atoms with Gasteiger partial charge in [0.05, 0.1) is 5.39 Å². The van der Waals surface area contributed by atoms with Crippen molar-refractivity contribution in [2.45, 2.75) is 44.2 Å². The first-order valence-electron chi connectivity index (χ1n) is 9.50. The molecule has 0 spiro atoms. The fourth-order valence-corrected chi connectivity index (χ4v) is 3.88. The molecule has 4 rings (SSSR count). The molecule has 0 atom stereocenters. The molecule has 1 fully saturated rings. The van der Waals surface area contributed by atoms with E-state index in [2.05, 4.69) is 59.6 Å². The molecule has 0 aliphatic heterocycles. The number of hydrogen-bond donors (Lipinski definition) is 2. The van der Waals surface area contributed by atoms with E-state index in [4.69, 9.17) is 9.97 Å². The van der Waals surface area contributed by atoms with Gasteiger partial charge in [0, 0.05) is 24.7 Å². The maximum absolute atomic E-state index is 4.86. The Morgan fingerprint density at radius 3 is 2.54 bits per heavy atom. The van der Waals surface area contributed by atoms with Gasteiger partial charge in [0.25, 0.3) is 0 Å². The summed E-state index contributed by atoms with van der Waals surface area (Å²) in [6.45, 7) is 0. The number of fused-ring (bicyclic) bond motifs is 1. The lowest BCUT2D eigenvalue weighted by Gasteiger charge is -2.33. The van der Waals surface area contributed by atoms with E-state index >= 15 is 0 Å². The first kappa shape index (κ1) is 17.0. The van der Waals surface area contributed by atoms with Crippen LogP contribution in [0.25, 0.3) is 11.0 Å². The average molecular weight is 349 g/mol. The molecular weight excluding hydrogens is 322 g/mol. The van der Waals surface area contributed by atoms with Crippen LogP contribution >= 0.6 is 0 Å². The van der Waals surface area contributed by atoms with Crippen LogP contribution in [0.3, 0.4) is 0 Å². The van der Waals surface area contributed by atoms with Gasteiger partial charge in [-0.15, -0.1) is 0 Å². The van der Waals surface area contributed by atoms with Gasteiger partial charge in [-0.3, -0.25) is 0 Å². The van der Waals surface area contributed by atoms with E-state index in [0.717, 1.165) is 29.1 Å². The normalized spacial score (nSPS) is 20.6. The number of nitrogens with one attached hydrogen (secondary N) is 2. The van der Waals surface area contributed by atoms with Crippen LogP contribution in [0.1, 0.15) is 37.1 Å². The zero-order valence-electron chi connectivity index (χ0n) is 15.6. The molecule has 0 amide bonds. The minimum absolute atomic E-state index is 0.490. The summed E-state index contributed by atoms with van der Waals surface area (Å²) in [6.07, 6.45) is 7.54. The van der Waals surface area contributed by atoms with Crippen LogP contribution < -0.4 is 5.32 Å². The molecule has 0 bridgehead atoms. The Bertz CT molecular complexity index is 847. The van der Waals surface area contributed by atoms with Gasteiger partial charge in [0.1, 0.15) is 17.3 Å². The zero-order chi connectivity index (χ0) is 17.9. The summed E-state index contributed by atoms with van der Waals surface area (Å²) in [7, 11) is 4.37. The molecule has 5 heteroatoms. The summed E-state index contributed by atoms with van der Waals surface area (Å²) in [5.74, 6) is 1.83. The quantitative estimate of drug-likeness (QED) is 0.735. The molecule has 0 saturated heterocycles. The third-order valence-corrected chi connectivity index (χ3v) is 5.43. The highest BCUT2D eigenvalue weighted by Gasteiger charge is 2.23. The van der Waals surface area contributed by atoms with E-state index in [1.165, 1.54) is 31.2 Å². The van der Waals surface area contributed by atoms with Crippen molar-refractivity contribution in [3.8, 4) is 0 Å². The number of aromatic amines is 1. The van der Waals surface area contributed by atoms with Crippen LogP contribution in [0, 0.1) is 0 Å². The Hall–Kier alpha value is -2.40. The first-order chi connectivity index (χ1) is 12.7. The standard InChI is InChI=1S/C21H27N5/c1-26(2)17-10-8-16(9-11-17)23-21-18-12-13-22-20(18)24-19(25-21)14-15-6-4-3-5-7-15/h3-7,12-13,16-17H,8-11,14H2,1-2H3,(H2,22,23,24,25). The first-order valence-corrected chi connectivity index (χ1v) is 9.50. The third-order valence-electron chi connectivity index (χ3n) is 5.43. The van der Waals surface area contributed by atoms with Gasteiger partial charge in [-0.05, 0) is 51.4 Å². The second-order valence-corrected chi connectivity index (χ2v) is 7.50. The van der Waals surface area contributed by atoms with Crippen LogP contribution in [-0.2, 0) is 6.42 Å². The fourth-order valence-electron chi connectivity index (χ4n) is 3.88. The summed E-state index contributed by atoms with van der Waals surface area (Å²) in [5, 5.41) is 4.79. The predicted molar refractivity (Wildman–Crippen MR) is 106 cm³/mol. The topological polar surface area (TPSA) is 56.8 Å². The van der Waals surface area contributed by atoms with Crippen molar-refractivity contribution in [3.05, 3.63) is 54.0 Å². The molecule has 2 heterocycles. The number of aromatic nitrogens is 3. The van der Waals surface area contributed by atoms with E-state index in [-0.39, 0.29) is 0 Å². The molecule has 0 radical (unpaired) electrons. The SMILES string of the molecule is CN(C)C1CCC(Nc2nc(Cc3ccccc3)nc3[nH]ccc23)CC1. The molecule has 136 valence electrons. The molecule has 2 N–H and O–H groups in total. The summed E-state index contributed by atoms with van der Waals surface area (Å²) in [6, 6.07) is 13.7. The van der Waals surface area contributed by atoms with Crippen LogP contribution in [0.15, 0.2) is 42.6 Å². The highest BCUT2D eigenvalue weighted by molar-refractivity contribution is 5.87. The smallest absolute Gasteiger partial charge is 0.143 e. The van der Waals surface area contributed by atoms with Gasteiger partial charge < -0.3 is 15.2 Å². The van der Waals surface area contributed by atoms with Crippen LogP contribution in [0.2, 0.25) is 0 Å². The molecule has 1 aromatic carbocycles. The molecular formula is C21H27N5. The number of H-pyrrole nitrogens is 1. The zero-order valence-corrected chi connectivity index (χ0v) is 15.6. The van der Waals surface area contributed by atoms with E-state index in [1.807, 2.05) is 12.3 Å². The second kappa shape index (κ2) is 7.46. The Morgan fingerprint density at radius 2 is 1.81 bits per heavy atom. The van der Waals surface area contributed by atoms with Crippen molar-refractivity contribution in [3.63, 3.8) is 0 Å². The fraction of sp³-hybridized carbons (Fsp3) is 0.429. The second-order valence-electron chi connectivity index (χ2n) is 7.50. The van der Waals surface area contributed by atoms with Crippen LogP contribution in [0.4, 0.5) is 5.82 Å². The highest BCUT2D eigenvalue weighted by atomic mass is 15.1. The van der Waals surface area contributed by atoms with Crippen molar-refractivity contribution in [1.82, 2.24) is 19.9 Å². The molecule has 1 saturated carbocycles. The minimum atomic E-state index is 0.490. The van der Waals surface area contributed by atoms with Crippen molar-refractivity contribution < 1.29 is 0 Å². The van der Waals surface area contributed by atoms with E-state index < -0.39 is 0 Å². The highest BCUT2D eigenvalue weighted by Crippen LogP contribution is 2.27. The maximum Gasteiger partial charge on any atom is 0.143 e. The van der Waals surface area contributed by atoms with Crippen molar-refractivity contribution in [2.24, 2.45) is 0 Å². The molecule has 3 aromatic rings. The van der Waals surface area contributed by atoms with Crippen molar-refractivity contribution >= 4 is 16.9 Å². The molecule has 26 heavy (non-hydrogen) atoms. The van der Waals surface area contributed by atoms with Gasteiger partial charge in [-0.2, -0.15) is 0 Å². The predicted octanol–water partition coefficient (Wildman–Crippen LogP) is 3.83. The van der Waals surface area contributed by atoms with Crippen molar-refractivity contribution in [2.75, 3.05) is 19.4 Å². The number of rotatable bonds is 5. The van der Waals surface area contributed by atoms with Gasteiger partial charge in [0.2, 0.25) is 0 Å². The van der Waals surface area contributed by atoms with Gasteiger partial charge in [-0.1, -0.05) is 30.3 Å². The Balaban J connectivity index is 1.53. The van der Waals surface area contributed by atoms with Gasteiger partial charge in [-0.25, -0.2) is 9.97 Å². The molecule has 5 nitrogen and oxygen atoms in total. The average Bonchev–Trinajstić information content (AvgIpc) is 3.12. The number of hydrogen-bond acceptors (Lipinski definition) is 4. The number of nitrogens with zero attached hydrogens (tertiary/aromatic N) is 3. The lowest BCUT2D eigenvalue weighted by molar-refractivity contribution is 0.221. The maximum atomic E-state index is 4.86. The van der Waals surface area contributed by atoms with E-state index in [1.54, 1.807) is 0 Å². The summed E-state index contributed by atoms with van der Waals surface area (Å²) in [4.78, 5) is 15.2. The lowest BCUT2D eigenvalue weighted by atomic mass is 9.90. The van der Waals surface area contributed by atoms with Crippen LogP contribution in [0.5, 0.6) is 0 Å². The summed E-state index contributed by atoms with van der Waals surface area (Å²) >= 11 is 0. The van der Waals surface area contributed by atoms with Crippen molar-refractivity contribution in [1.29, 1.82) is 0 Å². The Kier molecular flexibility index (Phi) is 4.89. The minimum Gasteiger partial charge on any atom is -0.367 e. The number of benzene rings is 1. The van der Waals surface area contributed by atoms with E-state index in [9.17, 15) is 0 Å². The molecule has 1 aliphatic rings. The van der Waals surface area contributed by atoms with Crippen LogP contribution in [-0.4, -0.2) is 46.0 Å². The Labute approximate surface area is 154 Å². The molecule has 2 aromatic heterocycles. The Morgan fingerprint density at radius 1 is 1.04 bits per heavy atom. The van der Waals surface area contributed by atoms with E-state index in [0.29, 0.717) is 12.1 Å².